The van der Waals surface area contributed by atoms with Crippen LogP contribution in [-0.4, -0.2) is 19.4 Å². The lowest BCUT2D eigenvalue weighted by atomic mass is 9.91. The summed E-state index contributed by atoms with van der Waals surface area (Å²) in [6, 6.07) is 0. The van der Waals surface area contributed by atoms with Crippen LogP contribution < -0.4 is 0 Å². The minimum Gasteiger partial charge on any atom is -0.438 e. The van der Waals surface area contributed by atoms with Crippen LogP contribution in [0.1, 0.15) is 66.7 Å². The van der Waals surface area contributed by atoms with E-state index in [9.17, 15) is 4.79 Å². The lowest BCUT2D eigenvalue weighted by Gasteiger charge is -2.20. The lowest BCUT2D eigenvalue weighted by molar-refractivity contribution is -0.167. The van der Waals surface area contributed by atoms with Gasteiger partial charge in [0.15, 0.2) is 6.79 Å². The van der Waals surface area contributed by atoms with Crippen LogP contribution in [0, 0.1) is 11.3 Å². The van der Waals surface area contributed by atoms with Crippen molar-refractivity contribution in [3.05, 3.63) is 0 Å². The molecular weight excluding hydrogens is 228 g/mol. The minimum atomic E-state index is -0.405. The van der Waals surface area contributed by atoms with Gasteiger partial charge in [-0.1, -0.05) is 40.0 Å². The maximum absolute atomic E-state index is 11.6. The first kappa shape index (κ1) is 17.4. The predicted octanol–water partition coefficient (Wildman–Crippen LogP) is 4.16. The van der Waals surface area contributed by atoms with Gasteiger partial charge < -0.3 is 9.47 Å². The molecular formula is C15H30O3. The van der Waals surface area contributed by atoms with Gasteiger partial charge in [0.1, 0.15) is 0 Å². The molecule has 0 saturated carbocycles. The van der Waals surface area contributed by atoms with Crippen molar-refractivity contribution in [2.75, 3.05) is 13.4 Å². The summed E-state index contributed by atoms with van der Waals surface area (Å²) in [6.07, 6.45) is 5.50. The van der Waals surface area contributed by atoms with Crippen LogP contribution >= 0.6 is 0 Å². The number of hydrogen-bond acceptors (Lipinski definition) is 3. The molecule has 18 heavy (non-hydrogen) atoms. The van der Waals surface area contributed by atoms with Crippen molar-refractivity contribution in [2.24, 2.45) is 11.3 Å². The van der Waals surface area contributed by atoms with E-state index < -0.39 is 5.41 Å². The highest BCUT2D eigenvalue weighted by Crippen LogP contribution is 2.21. The van der Waals surface area contributed by atoms with Gasteiger partial charge in [-0.15, -0.1) is 0 Å². The molecule has 0 aromatic rings. The molecule has 0 bridgehead atoms. The Labute approximate surface area is 112 Å². The van der Waals surface area contributed by atoms with Crippen molar-refractivity contribution >= 4 is 5.97 Å². The molecule has 0 aliphatic rings. The fraction of sp³-hybridized carbons (Fsp3) is 0.933. The number of carbonyl (C=O) groups is 1. The molecule has 1 unspecified atom stereocenters. The summed E-state index contributed by atoms with van der Waals surface area (Å²) in [5, 5.41) is 0. The molecule has 108 valence electrons. The zero-order valence-electron chi connectivity index (χ0n) is 12.8. The second-order valence-corrected chi connectivity index (χ2v) is 5.55. The van der Waals surface area contributed by atoms with Crippen LogP contribution in [0.5, 0.6) is 0 Å². The van der Waals surface area contributed by atoms with E-state index in [-0.39, 0.29) is 12.8 Å². The first-order valence-corrected chi connectivity index (χ1v) is 7.22. The van der Waals surface area contributed by atoms with Gasteiger partial charge >= 0.3 is 5.97 Å². The van der Waals surface area contributed by atoms with Gasteiger partial charge in [0.05, 0.1) is 12.0 Å². The normalized spacial score (nSPS) is 13.4. The van der Waals surface area contributed by atoms with E-state index in [0.717, 1.165) is 18.8 Å². The first-order valence-electron chi connectivity index (χ1n) is 7.22. The fourth-order valence-corrected chi connectivity index (χ4v) is 1.70. The standard InChI is InChI=1S/C15H30O3/c1-6-9-13(7-2)10-11-17-12-18-14(16)15(4,5)8-3/h13H,6-12H2,1-5H3. The quantitative estimate of drug-likeness (QED) is 0.335. The van der Waals surface area contributed by atoms with Gasteiger partial charge in [-0.05, 0) is 32.6 Å². The van der Waals surface area contributed by atoms with Crippen molar-refractivity contribution in [1.82, 2.24) is 0 Å². The molecule has 3 nitrogen and oxygen atoms in total. The maximum Gasteiger partial charge on any atom is 0.313 e. The van der Waals surface area contributed by atoms with E-state index in [1.54, 1.807) is 0 Å². The molecule has 0 heterocycles. The molecule has 0 aliphatic carbocycles. The summed E-state index contributed by atoms with van der Waals surface area (Å²) in [6.45, 7) is 11.0. The summed E-state index contributed by atoms with van der Waals surface area (Å²) in [4.78, 5) is 11.6. The number of rotatable bonds is 10. The van der Waals surface area contributed by atoms with Crippen LogP contribution in [0.25, 0.3) is 0 Å². The average molecular weight is 258 g/mol. The molecule has 1 atom stereocenters. The Morgan fingerprint density at radius 1 is 1.17 bits per heavy atom. The number of carbonyl (C=O) groups excluding carboxylic acids is 1. The Morgan fingerprint density at radius 2 is 1.83 bits per heavy atom. The van der Waals surface area contributed by atoms with Gasteiger partial charge in [-0.25, -0.2) is 0 Å². The molecule has 3 heteroatoms. The van der Waals surface area contributed by atoms with E-state index in [0.29, 0.717) is 6.61 Å². The van der Waals surface area contributed by atoms with Crippen LogP contribution in [0.15, 0.2) is 0 Å². The van der Waals surface area contributed by atoms with Crippen LogP contribution in [0.3, 0.4) is 0 Å². The molecule has 0 aromatic heterocycles. The Morgan fingerprint density at radius 3 is 2.33 bits per heavy atom. The highest BCUT2D eigenvalue weighted by Gasteiger charge is 2.26. The molecule has 0 aliphatic heterocycles. The Hall–Kier alpha value is -0.570. The Kier molecular flexibility index (Phi) is 9.08. The SMILES string of the molecule is CCCC(CC)CCOCOC(=O)C(C)(C)CC. The molecule has 0 radical (unpaired) electrons. The summed E-state index contributed by atoms with van der Waals surface area (Å²) in [7, 11) is 0. The van der Waals surface area contributed by atoms with E-state index in [2.05, 4.69) is 13.8 Å². The van der Waals surface area contributed by atoms with Crippen molar-refractivity contribution < 1.29 is 14.3 Å². The van der Waals surface area contributed by atoms with Gasteiger partial charge in [0, 0.05) is 0 Å². The second kappa shape index (κ2) is 9.37. The number of ether oxygens (including phenoxy) is 2. The summed E-state index contributed by atoms with van der Waals surface area (Å²) >= 11 is 0. The largest absolute Gasteiger partial charge is 0.438 e. The van der Waals surface area contributed by atoms with Gasteiger partial charge in [0.2, 0.25) is 0 Å². The fourth-order valence-electron chi connectivity index (χ4n) is 1.70. The van der Waals surface area contributed by atoms with E-state index in [4.69, 9.17) is 9.47 Å². The number of esters is 1. The molecule has 0 fully saturated rings. The third-order valence-corrected chi connectivity index (χ3v) is 3.65. The highest BCUT2D eigenvalue weighted by atomic mass is 16.7. The van der Waals surface area contributed by atoms with E-state index in [1.807, 2.05) is 20.8 Å². The molecule has 0 aromatic carbocycles. The Bertz CT molecular complexity index is 224. The monoisotopic (exact) mass is 258 g/mol. The van der Waals surface area contributed by atoms with Crippen molar-refractivity contribution in [3.63, 3.8) is 0 Å². The summed E-state index contributed by atoms with van der Waals surface area (Å²) in [5.74, 6) is 0.559. The lowest BCUT2D eigenvalue weighted by Crippen LogP contribution is -2.26. The van der Waals surface area contributed by atoms with E-state index in [1.165, 1.54) is 19.3 Å². The van der Waals surface area contributed by atoms with Gasteiger partial charge in [0.25, 0.3) is 0 Å². The van der Waals surface area contributed by atoms with Crippen molar-refractivity contribution in [1.29, 1.82) is 0 Å². The smallest absolute Gasteiger partial charge is 0.313 e. The second-order valence-electron chi connectivity index (χ2n) is 5.55. The molecule has 0 N–H and O–H groups in total. The zero-order chi connectivity index (χ0) is 14.0. The van der Waals surface area contributed by atoms with Gasteiger partial charge in [-0.3, -0.25) is 4.79 Å². The topological polar surface area (TPSA) is 35.5 Å². The highest BCUT2D eigenvalue weighted by molar-refractivity contribution is 5.75. The summed E-state index contributed by atoms with van der Waals surface area (Å²) < 4.78 is 10.5. The average Bonchev–Trinajstić information content (AvgIpc) is 2.36. The van der Waals surface area contributed by atoms with Crippen molar-refractivity contribution in [2.45, 2.75) is 66.7 Å². The third-order valence-electron chi connectivity index (χ3n) is 3.65. The predicted molar refractivity (Wildman–Crippen MR) is 74.3 cm³/mol. The first-order chi connectivity index (χ1) is 8.47. The zero-order valence-corrected chi connectivity index (χ0v) is 12.8. The van der Waals surface area contributed by atoms with Crippen molar-refractivity contribution in [3.8, 4) is 0 Å². The molecule has 0 saturated heterocycles. The minimum absolute atomic E-state index is 0.0881. The van der Waals surface area contributed by atoms with Crippen LogP contribution in [0.4, 0.5) is 0 Å². The van der Waals surface area contributed by atoms with Gasteiger partial charge in [-0.2, -0.15) is 0 Å². The van der Waals surface area contributed by atoms with E-state index >= 15 is 0 Å². The summed E-state index contributed by atoms with van der Waals surface area (Å²) in [5.41, 5.74) is -0.405. The Balaban J connectivity index is 3.65. The maximum atomic E-state index is 11.6. The van der Waals surface area contributed by atoms with Crippen LogP contribution in [0.2, 0.25) is 0 Å². The number of hydrogen-bond donors (Lipinski definition) is 0. The molecule has 0 amide bonds. The third kappa shape index (κ3) is 7.00. The molecule has 0 spiro atoms. The molecule has 0 rings (SSSR count). The van der Waals surface area contributed by atoms with Crippen LogP contribution in [-0.2, 0) is 14.3 Å².